The number of rotatable bonds is 3. The van der Waals surface area contributed by atoms with E-state index in [-0.39, 0.29) is 0 Å². The highest BCUT2D eigenvalue weighted by atomic mass is 14.9. The maximum Gasteiger partial charge on any atom is 0.116 e. The normalized spacial score (nSPS) is 12.4. The van der Waals surface area contributed by atoms with Crippen LogP contribution in [-0.2, 0) is 0 Å². The summed E-state index contributed by atoms with van der Waals surface area (Å²) in [6.45, 7) is 8.66. The van der Waals surface area contributed by atoms with E-state index in [0.29, 0.717) is 11.8 Å². The standard InChI is InChI=1S/C34H28N6/c1-17(2)33-37-29-22-8-6-5-7-21(22)25-13-19(9-11-23(25)30(29)38-33)20-10-12-24-26(14-20)27-15-35-16-36-28(27)32-31(24)39-34(40-32)18(3)4/h5-18H,1-4H3,(H,37,38)(H,39,40). The van der Waals surface area contributed by atoms with Gasteiger partial charge in [-0.05, 0) is 39.4 Å². The van der Waals surface area contributed by atoms with Gasteiger partial charge in [0.2, 0.25) is 0 Å². The van der Waals surface area contributed by atoms with Crippen molar-refractivity contribution in [3.05, 3.63) is 84.8 Å². The number of H-pyrrole nitrogens is 2. The highest BCUT2D eigenvalue weighted by Gasteiger charge is 2.18. The first-order valence-corrected chi connectivity index (χ1v) is 13.9. The summed E-state index contributed by atoms with van der Waals surface area (Å²) in [6, 6.07) is 22.0. The molecule has 6 heteroatoms. The van der Waals surface area contributed by atoms with Crippen molar-refractivity contribution < 1.29 is 0 Å². The van der Waals surface area contributed by atoms with Crippen molar-refractivity contribution in [3.8, 4) is 11.1 Å². The van der Waals surface area contributed by atoms with E-state index < -0.39 is 0 Å². The Hall–Kier alpha value is -4.84. The smallest absolute Gasteiger partial charge is 0.116 e. The Morgan fingerprint density at radius 2 is 1.12 bits per heavy atom. The summed E-state index contributed by atoms with van der Waals surface area (Å²) in [5, 5.41) is 8.07. The van der Waals surface area contributed by atoms with E-state index in [0.717, 1.165) is 61.0 Å². The average Bonchev–Trinajstić information content (AvgIpc) is 3.64. The Morgan fingerprint density at radius 1 is 0.550 bits per heavy atom. The molecule has 6 nitrogen and oxygen atoms in total. The van der Waals surface area contributed by atoms with Gasteiger partial charge in [0.15, 0.2) is 0 Å². The molecule has 0 unspecified atom stereocenters. The van der Waals surface area contributed by atoms with Gasteiger partial charge in [-0.3, -0.25) is 0 Å². The van der Waals surface area contributed by atoms with Gasteiger partial charge >= 0.3 is 0 Å². The molecule has 0 radical (unpaired) electrons. The van der Waals surface area contributed by atoms with E-state index in [1.807, 2.05) is 6.20 Å². The van der Waals surface area contributed by atoms with Crippen LogP contribution in [0.15, 0.2) is 73.2 Å². The fourth-order valence-electron chi connectivity index (χ4n) is 6.06. The van der Waals surface area contributed by atoms with Crippen LogP contribution in [0.2, 0.25) is 0 Å². The largest absolute Gasteiger partial charge is 0.341 e. The van der Waals surface area contributed by atoms with Crippen molar-refractivity contribution in [2.45, 2.75) is 39.5 Å². The molecule has 8 aromatic rings. The van der Waals surface area contributed by atoms with E-state index in [4.69, 9.17) is 9.97 Å². The number of nitrogens with zero attached hydrogens (tertiary/aromatic N) is 4. The Labute approximate surface area is 230 Å². The van der Waals surface area contributed by atoms with Gasteiger partial charge in [-0.25, -0.2) is 19.9 Å². The summed E-state index contributed by atoms with van der Waals surface area (Å²) in [5.41, 5.74) is 7.28. The first kappa shape index (κ1) is 23.1. The zero-order chi connectivity index (χ0) is 27.1. The van der Waals surface area contributed by atoms with E-state index in [1.165, 1.54) is 27.1 Å². The SMILES string of the molecule is CC(C)c1nc2c3ccccc3c3cc(-c4ccc5c(c4)c4cncnc4c4nc(C(C)C)[nH]c54)ccc3c2[nH]1. The van der Waals surface area contributed by atoms with Gasteiger partial charge in [-0.2, -0.15) is 0 Å². The number of nitrogens with one attached hydrogen (secondary N) is 2. The predicted octanol–water partition coefficient (Wildman–Crippen LogP) is 8.76. The molecule has 3 heterocycles. The molecule has 0 saturated heterocycles. The predicted molar refractivity (Wildman–Crippen MR) is 165 cm³/mol. The number of aromatic amines is 2. The van der Waals surface area contributed by atoms with Gasteiger partial charge in [0.1, 0.15) is 29.0 Å². The molecule has 194 valence electrons. The molecular weight excluding hydrogens is 492 g/mol. The third-order valence-corrected chi connectivity index (χ3v) is 8.15. The Bertz CT molecular complexity index is 2120. The second-order valence-electron chi connectivity index (χ2n) is 11.4. The van der Waals surface area contributed by atoms with E-state index in [1.54, 1.807) is 6.33 Å². The molecule has 0 spiro atoms. The van der Waals surface area contributed by atoms with Gasteiger partial charge in [0.05, 0.1) is 16.6 Å². The zero-order valence-corrected chi connectivity index (χ0v) is 22.9. The van der Waals surface area contributed by atoms with Crippen LogP contribution in [-0.4, -0.2) is 29.9 Å². The van der Waals surface area contributed by atoms with Crippen LogP contribution in [0, 0.1) is 0 Å². The average molecular weight is 521 g/mol. The molecule has 2 N–H and O–H groups in total. The Morgan fingerprint density at radius 3 is 1.77 bits per heavy atom. The third-order valence-electron chi connectivity index (χ3n) is 8.15. The molecule has 0 aliphatic rings. The van der Waals surface area contributed by atoms with Crippen molar-refractivity contribution in [3.63, 3.8) is 0 Å². The van der Waals surface area contributed by atoms with Crippen LogP contribution in [0.25, 0.3) is 76.4 Å². The second kappa shape index (κ2) is 8.33. The summed E-state index contributed by atoms with van der Waals surface area (Å²) >= 11 is 0. The van der Waals surface area contributed by atoms with Crippen molar-refractivity contribution in [2.75, 3.05) is 0 Å². The lowest BCUT2D eigenvalue weighted by atomic mass is 9.94. The van der Waals surface area contributed by atoms with Crippen molar-refractivity contribution >= 4 is 65.3 Å². The quantitative estimate of drug-likeness (QED) is 0.228. The van der Waals surface area contributed by atoms with Crippen LogP contribution in [0.4, 0.5) is 0 Å². The van der Waals surface area contributed by atoms with Crippen LogP contribution < -0.4 is 0 Å². The molecule has 0 fully saturated rings. The molecular formula is C34H28N6. The van der Waals surface area contributed by atoms with Gasteiger partial charge in [-0.1, -0.05) is 76.2 Å². The van der Waals surface area contributed by atoms with Crippen LogP contribution in [0.5, 0.6) is 0 Å². The zero-order valence-electron chi connectivity index (χ0n) is 22.9. The number of fused-ring (bicyclic) bond motifs is 12. The fourth-order valence-corrected chi connectivity index (χ4v) is 6.06. The number of imidazole rings is 2. The maximum absolute atomic E-state index is 5.00. The molecule has 40 heavy (non-hydrogen) atoms. The maximum atomic E-state index is 5.00. The van der Waals surface area contributed by atoms with Crippen molar-refractivity contribution in [2.24, 2.45) is 0 Å². The highest BCUT2D eigenvalue weighted by Crippen LogP contribution is 2.39. The highest BCUT2D eigenvalue weighted by molar-refractivity contribution is 6.25. The van der Waals surface area contributed by atoms with Crippen LogP contribution in [0.3, 0.4) is 0 Å². The van der Waals surface area contributed by atoms with E-state index in [9.17, 15) is 0 Å². The summed E-state index contributed by atoms with van der Waals surface area (Å²) in [4.78, 5) is 26.1. The van der Waals surface area contributed by atoms with Crippen LogP contribution >= 0.6 is 0 Å². The molecule has 3 aromatic heterocycles. The number of benzene rings is 5. The van der Waals surface area contributed by atoms with Crippen molar-refractivity contribution in [1.82, 2.24) is 29.9 Å². The van der Waals surface area contributed by atoms with Crippen LogP contribution in [0.1, 0.15) is 51.2 Å². The minimum absolute atomic E-state index is 0.295. The minimum atomic E-state index is 0.295. The summed E-state index contributed by atoms with van der Waals surface area (Å²) < 4.78 is 0. The van der Waals surface area contributed by atoms with E-state index >= 15 is 0 Å². The van der Waals surface area contributed by atoms with Crippen molar-refractivity contribution in [1.29, 1.82) is 0 Å². The molecule has 8 rings (SSSR count). The Balaban J connectivity index is 1.41. The molecule has 0 aliphatic carbocycles. The first-order chi connectivity index (χ1) is 19.5. The van der Waals surface area contributed by atoms with Gasteiger partial charge < -0.3 is 9.97 Å². The molecule has 0 aliphatic heterocycles. The molecule has 0 saturated carbocycles. The first-order valence-electron chi connectivity index (χ1n) is 13.9. The lowest BCUT2D eigenvalue weighted by Gasteiger charge is -2.11. The third kappa shape index (κ3) is 3.22. The summed E-state index contributed by atoms with van der Waals surface area (Å²) in [7, 11) is 0. The topological polar surface area (TPSA) is 83.1 Å². The number of hydrogen-bond donors (Lipinski definition) is 2. The monoisotopic (exact) mass is 520 g/mol. The number of hydrogen-bond acceptors (Lipinski definition) is 4. The lowest BCUT2D eigenvalue weighted by Crippen LogP contribution is -1.88. The minimum Gasteiger partial charge on any atom is -0.341 e. The second-order valence-corrected chi connectivity index (χ2v) is 11.4. The van der Waals surface area contributed by atoms with E-state index in [2.05, 4.69) is 108 Å². The van der Waals surface area contributed by atoms with Gasteiger partial charge in [0.25, 0.3) is 0 Å². The van der Waals surface area contributed by atoms with Gasteiger partial charge in [0, 0.05) is 39.6 Å². The lowest BCUT2D eigenvalue weighted by molar-refractivity contribution is 0.799. The molecule has 0 bridgehead atoms. The molecule has 0 atom stereocenters. The Kier molecular flexibility index (Phi) is 4.81. The molecule has 5 aromatic carbocycles. The fraction of sp³-hybridized carbons (Fsp3) is 0.176. The van der Waals surface area contributed by atoms with Gasteiger partial charge in [-0.15, -0.1) is 0 Å². The summed E-state index contributed by atoms with van der Waals surface area (Å²) in [5.74, 6) is 2.61. The summed E-state index contributed by atoms with van der Waals surface area (Å²) in [6.07, 6.45) is 3.52. The molecule has 0 amide bonds. The number of aromatic nitrogens is 6.